The summed E-state index contributed by atoms with van der Waals surface area (Å²) in [5, 5.41) is 0.159. The Bertz CT molecular complexity index is 749. The minimum atomic E-state index is -3.53. The third-order valence-corrected chi connectivity index (χ3v) is 6.33. The predicted molar refractivity (Wildman–Crippen MR) is 89.7 cm³/mol. The van der Waals surface area contributed by atoms with Gasteiger partial charge in [-0.05, 0) is 31.2 Å². The molecule has 0 N–H and O–H groups in total. The van der Waals surface area contributed by atoms with Crippen molar-refractivity contribution < 1.29 is 8.42 Å². The monoisotopic (exact) mass is 333 g/mol. The average molecular weight is 333 g/mol. The summed E-state index contributed by atoms with van der Waals surface area (Å²) in [6, 6.07) is 10.2. The van der Waals surface area contributed by atoms with Crippen LogP contribution in [0.5, 0.6) is 0 Å². The molecule has 1 atom stereocenters. The summed E-state index contributed by atoms with van der Waals surface area (Å²) >= 11 is 0. The summed E-state index contributed by atoms with van der Waals surface area (Å²) in [7, 11) is -1.71. The quantitative estimate of drug-likeness (QED) is 0.868. The van der Waals surface area contributed by atoms with Crippen molar-refractivity contribution in [2.24, 2.45) is 7.05 Å². The molecule has 0 radical (unpaired) electrons. The first-order chi connectivity index (χ1) is 11.0. The first kappa shape index (κ1) is 16.2. The van der Waals surface area contributed by atoms with Gasteiger partial charge >= 0.3 is 0 Å². The SMILES string of the molecule is Cc1nc(S(=O)(=O)N2CCCC[C@@H](c3ccccc3)C2)cn1C. The van der Waals surface area contributed by atoms with Crippen LogP contribution in [0.4, 0.5) is 0 Å². The summed E-state index contributed by atoms with van der Waals surface area (Å²) in [5.74, 6) is 0.955. The molecule has 1 aromatic carbocycles. The van der Waals surface area contributed by atoms with E-state index in [4.69, 9.17) is 0 Å². The van der Waals surface area contributed by atoms with Crippen LogP contribution in [0.25, 0.3) is 0 Å². The second-order valence-corrected chi connectivity index (χ2v) is 8.09. The van der Waals surface area contributed by atoms with Crippen molar-refractivity contribution >= 4 is 10.0 Å². The molecule has 1 aromatic heterocycles. The third kappa shape index (κ3) is 3.33. The highest BCUT2D eigenvalue weighted by Crippen LogP contribution is 2.29. The number of benzene rings is 1. The first-order valence-electron chi connectivity index (χ1n) is 8.03. The van der Waals surface area contributed by atoms with Crippen molar-refractivity contribution in [1.82, 2.24) is 13.9 Å². The molecular formula is C17H23N3O2S. The highest BCUT2D eigenvalue weighted by atomic mass is 32.2. The van der Waals surface area contributed by atoms with Crippen LogP contribution in [0.15, 0.2) is 41.6 Å². The molecule has 0 saturated carbocycles. The van der Waals surface area contributed by atoms with E-state index in [1.54, 1.807) is 15.1 Å². The molecule has 1 aliphatic heterocycles. The summed E-state index contributed by atoms with van der Waals surface area (Å²) in [5.41, 5.74) is 1.21. The normalized spacial score (nSPS) is 20.3. The zero-order valence-corrected chi connectivity index (χ0v) is 14.5. The highest BCUT2D eigenvalue weighted by Gasteiger charge is 2.31. The van der Waals surface area contributed by atoms with Crippen molar-refractivity contribution in [2.75, 3.05) is 13.1 Å². The van der Waals surface area contributed by atoms with Crippen LogP contribution >= 0.6 is 0 Å². The van der Waals surface area contributed by atoms with Gasteiger partial charge in [-0.1, -0.05) is 36.8 Å². The van der Waals surface area contributed by atoms with Crippen LogP contribution in [0.1, 0.15) is 36.6 Å². The second-order valence-electron chi connectivity index (χ2n) is 6.20. The van der Waals surface area contributed by atoms with E-state index < -0.39 is 10.0 Å². The number of hydrogen-bond acceptors (Lipinski definition) is 3. The Morgan fingerprint density at radius 2 is 1.91 bits per heavy atom. The number of imidazole rings is 1. The minimum Gasteiger partial charge on any atom is -0.337 e. The molecular weight excluding hydrogens is 310 g/mol. The fourth-order valence-corrected chi connectivity index (χ4v) is 4.65. The summed E-state index contributed by atoms with van der Waals surface area (Å²) in [4.78, 5) is 4.22. The number of aryl methyl sites for hydroxylation is 2. The van der Waals surface area contributed by atoms with Gasteiger partial charge < -0.3 is 4.57 Å². The number of aromatic nitrogens is 2. The lowest BCUT2D eigenvalue weighted by atomic mass is 9.95. The van der Waals surface area contributed by atoms with Gasteiger partial charge in [-0.2, -0.15) is 4.31 Å². The Morgan fingerprint density at radius 1 is 1.17 bits per heavy atom. The fraction of sp³-hybridized carbons (Fsp3) is 0.471. The molecule has 0 unspecified atom stereocenters. The van der Waals surface area contributed by atoms with Crippen LogP contribution in [0.2, 0.25) is 0 Å². The highest BCUT2D eigenvalue weighted by molar-refractivity contribution is 7.89. The van der Waals surface area contributed by atoms with Gasteiger partial charge in [0, 0.05) is 26.3 Å². The van der Waals surface area contributed by atoms with Crippen molar-refractivity contribution in [3.8, 4) is 0 Å². The van der Waals surface area contributed by atoms with Crippen LogP contribution in [0.3, 0.4) is 0 Å². The molecule has 2 aromatic rings. The Hall–Kier alpha value is -1.66. The molecule has 2 heterocycles. The maximum atomic E-state index is 12.9. The van der Waals surface area contributed by atoms with Gasteiger partial charge in [0.05, 0.1) is 0 Å². The Morgan fingerprint density at radius 3 is 2.57 bits per heavy atom. The lowest BCUT2D eigenvalue weighted by Crippen LogP contribution is -2.34. The van der Waals surface area contributed by atoms with Crippen LogP contribution < -0.4 is 0 Å². The lowest BCUT2D eigenvalue weighted by Gasteiger charge is -2.23. The van der Waals surface area contributed by atoms with Crippen molar-refractivity contribution in [1.29, 1.82) is 0 Å². The van der Waals surface area contributed by atoms with Crippen molar-refractivity contribution in [2.45, 2.75) is 37.1 Å². The molecule has 5 nitrogen and oxygen atoms in total. The Labute approximate surface area is 138 Å². The van der Waals surface area contributed by atoms with Crippen molar-refractivity contribution in [3.63, 3.8) is 0 Å². The van der Waals surface area contributed by atoms with E-state index in [0.717, 1.165) is 19.3 Å². The fourth-order valence-electron chi connectivity index (χ4n) is 3.11. The zero-order chi connectivity index (χ0) is 16.4. The van der Waals surface area contributed by atoms with Gasteiger partial charge in [0.2, 0.25) is 0 Å². The van der Waals surface area contributed by atoms with Gasteiger partial charge in [-0.3, -0.25) is 0 Å². The molecule has 23 heavy (non-hydrogen) atoms. The first-order valence-corrected chi connectivity index (χ1v) is 9.47. The summed E-state index contributed by atoms with van der Waals surface area (Å²) in [6.07, 6.45) is 4.57. The van der Waals surface area contributed by atoms with E-state index in [-0.39, 0.29) is 10.9 Å². The zero-order valence-electron chi connectivity index (χ0n) is 13.6. The molecule has 6 heteroatoms. The van der Waals surface area contributed by atoms with E-state index in [9.17, 15) is 8.42 Å². The topological polar surface area (TPSA) is 55.2 Å². The van der Waals surface area contributed by atoms with Gasteiger partial charge in [0.25, 0.3) is 10.0 Å². The smallest absolute Gasteiger partial charge is 0.262 e. The second kappa shape index (κ2) is 6.45. The van der Waals surface area contributed by atoms with E-state index in [2.05, 4.69) is 17.1 Å². The number of sulfonamides is 1. The maximum Gasteiger partial charge on any atom is 0.262 e. The third-order valence-electron chi connectivity index (χ3n) is 4.60. The summed E-state index contributed by atoms with van der Waals surface area (Å²) < 4.78 is 29.2. The Kier molecular flexibility index (Phi) is 4.55. The lowest BCUT2D eigenvalue weighted by molar-refractivity contribution is 0.404. The van der Waals surface area contributed by atoms with Gasteiger partial charge in [-0.15, -0.1) is 0 Å². The predicted octanol–water partition coefficient (Wildman–Crippen LogP) is 2.69. The number of rotatable bonds is 3. The van der Waals surface area contributed by atoms with E-state index in [0.29, 0.717) is 18.9 Å². The molecule has 0 spiro atoms. The standard InChI is InChI=1S/C17H23N3O2S/c1-14-18-17(13-19(14)2)23(21,22)20-11-7-6-10-16(12-20)15-8-4-3-5-9-15/h3-5,8-9,13,16H,6-7,10-12H2,1-2H3/t16-/m1/s1. The molecule has 1 saturated heterocycles. The molecule has 0 bridgehead atoms. The molecule has 0 amide bonds. The van der Waals surface area contributed by atoms with Crippen molar-refractivity contribution in [3.05, 3.63) is 47.9 Å². The van der Waals surface area contributed by atoms with Crippen LogP contribution in [0, 0.1) is 6.92 Å². The molecule has 1 fully saturated rings. The molecule has 124 valence electrons. The minimum absolute atomic E-state index is 0.159. The molecule has 3 rings (SSSR count). The molecule has 0 aliphatic carbocycles. The van der Waals surface area contributed by atoms with E-state index >= 15 is 0 Å². The van der Waals surface area contributed by atoms with Crippen LogP contribution in [-0.2, 0) is 17.1 Å². The van der Waals surface area contributed by atoms with Gasteiger partial charge in [0.1, 0.15) is 5.82 Å². The number of nitrogens with zero attached hydrogens (tertiary/aromatic N) is 3. The summed E-state index contributed by atoms with van der Waals surface area (Å²) in [6.45, 7) is 2.91. The largest absolute Gasteiger partial charge is 0.337 e. The van der Waals surface area contributed by atoms with Gasteiger partial charge in [0.15, 0.2) is 5.03 Å². The van der Waals surface area contributed by atoms with E-state index in [1.165, 1.54) is 5.56 Å². The maximum absolute atomic E-state index is 12.9. The van der Waals surface area contributed by atoms with Crippen LogP contribution in [-0.4, -0.2) is 35.4 Å². The molecule has 1 aliphatic rings. The number of hydrogen-bond donors (Lipinski definition) is 0. The van der Waals surface area contributed by atoms with E-state index in [1.807, 2.05) is 32.2 Å². The van der Waals surface area contributed by atoms with Gasteiger partial charge in [-0.25, -0.2) is 13.4 Å². The average Bonchev–Trinajstić information content (AvgIpc) is 2.77. The Balaban J connectivity index is 1.88.